The van der Waals surface area contributed by atoms with Crippen molar-refractivity contribution in [1.29, 1.82) is 0 Å². The van der Waals surface area contributed by atoms with Crippen molar-refractivity contribution >= 4 is 6.08 Å². The fourth-order valence-corrected chi connectivity index (χ4v) is 1.26. The molecule has 2 rings (SSSR count). The van der Waals surface area contributed by atoms with Crippen LogP contribution in [0, 0.1) is 5.82 Å². The molecule has 0 aliphatic rings. The molecular weight excluding hydrogens is 179 g/mol. The molecule has 1 aromatic carbocycles. The maximum atomic E-state index is 13.5. The highest BCUT2D eigenvalue weighted by atomic mass is 19.1. The monoisotopic (exact) mass is 188 g/mol. The van der Waals surface area contributed by atoms with Crippen molar-refractivity contribution in [3.05, 3.63) is 48.6 Å². The average Bonchev–Trinajstić information content (AvgIpc) is 2.70. The molecule has 14 heavy (non-hydrogen) atoms. The lowest BCUT2D eigenvalue weighted by Crippen LogP contribution is -1.87. The van der Waals surface area contributed by atoms with Crippen LogP contribution in [0.15, 0.2) is 37.2 Å². The van der Waals surface area contributed by atoms with E-state index in [1.165, 1.54) is 6.07 Å². The predicted molar refractivity (Wildman–Crippen MR) is 54.1 cm³/mol. The van der Waals surface area contributed by atoms with Gasteiger partial charge in [-0.05, 0) is 17.7 Å². The number of hydrogen-bond donors (Lipinski definition) is 1. The summed E-state index contributed by atoms with van der Waals surface area (Å²) in [5, 5.41) is 0. The second kappa shape index (κ2) is 3.46. The van der Waals surface area contributed by atoms with E-state index in [2.05, 4.69) is 16.5 Å². The number of aromatic amines is 1. The molecule has 0 aliphatic carbocycles. The van der Waals surface area contributed by atoms with Gasteiger partial charge in [0.25, 0.3) is 0 Å². The molecule has 3 heteroatoms. The largest absolute Gasteiger partial charge is 0.345 e. The quantitative estimate of drug-likeness (QED) is 0.771. The van der Waals surface area contributed by atoms with Crippen LogP contribution < -0.4 is 0 Å². The molecule has 0 radical (unpaired) electrons. The molecule has 1 heterocycles. The summed E-state index contributed by atoms with van der Waals surface area (Å²) in [5.74, 6) is 0.246. The van der Waals surface area contributed by atoms with Crippen molar-refractivity contribution in [2.24, 2.45) is 0 Å². The van der Waals surface area contributed by atoms with E-state index in [0.29, 0.717) is 11.4 Å². The lowest BCUT2D eigenvalue weighted by Gasteiger charge is -2.00. The third kappa shape index (κ3) is 1.44. The maximum Gasteiger partial charge on any atom is 0.140 e. The standard InChI is InChI=1S/C11H9FN2/c1-2-8-3-4-9(10(12)7-8)11-13-5-6-14-11/h2-7H,1H2,(H,13,14). The molecule has 0 bridgehead atoms. The maximum absolute atomic E-state index is 13.5. The highest BCUT2D eigenvalue weighted by molar-refractivity contribution is 5.60. The second-order valence-electron chi connectivity index (χ2n) is 2.88. The Morgan fingerprint density at radius 1 is 1.43 bits per heavy atom. The Morgan fingerprint density at radius 3 is 2.86 bits per heavy atom. The van der Waals surface area contributed by atoms with Crippen molar-refractivity contribution in [1.82, 2.24) is 9.97 Å². The van der Waals surface area contributed by atoms with Gasteiger partial charge < -0.3 is 4.98 Å². The van der Waals surface area contributed by atoms with Crippen LogP contribution >= 0.6 is 0 Å². The summed E-state index contributed by atoms with van der Waals surface area (Å²) in [5.41, 5.74) is 1.23. The molecule has 1 N–H and O–H groups in total. The summed E-state index contributed by atoms with van der Waals surface area (Å²) in [6, 6.07) is 4.92. The summed E-state index contributed by atoms with van der Waals surface area (Å²) in [4.78, 5) is 6.84. The van der Waals surface area contributed by atoms with Crippen molar-refractivity contribution in [2.75, 3.05) is 0 Å². The first-order valence-electron chi connectivity index (χ1n) is 4.23. The van der Waals surface area contributed by atoms with E-state index in [4.69, 9.17) is 0 Å². The Hall–Kier alpha value is -1.90. The van der Waals surface area contributed by atoms with Gasteiger partial charge in [-0.15, -0.1) is 0 Å². The van der Waals surface area contributed by atoms with Gasteiger partial charge in [0.05, 0.1) is 5.56 Å². The van der Waals surface area contributed by atoms with Crippen LogP contribution in [0.1, 0.15) is 5.56 Å². The number of benzene rings is 1. The smallest absolute Gasteiger partial charge is 0.140 e. The third-order valence-electron chi connectivity index (χ3n) is 1.98. The number of halogens is 1. The first-order chi connectivity index (χ1) is 6.81. The van der Waals surface area contributed by atoms with Crippen LogP contribution in [0.2, 0.25) is 0 Å². The van der Waals surface area contributed by atoms with Crippen molar-refractivity contribution < 1.29 is 4.39 Å². The van der Waals surface area contributed by atoms with Gasteiger partial charge in [0.2, 0.25) is 0 Å². The molecule has 0 unspecified atom stereocenters. The first kappa shape index (κ1) is 8.69. The number of aromatic nitrogens is 2. The highest BCUT2D eigenvalue weighted by Gasteiger charge is 2.06. The molecule has 0 saturated heterocycles. The molecule has 2 nitrogen and oxygen atoms in total. The Morgan fingerprint density at radius 2 is 2.29 bits per heavy atom. The zero-order chi connectivity index (χ0) is 9.97. The SMILES string of the molecule is C=Cc1ccc(-c2ncc[nH]2)c(F)c1. The fraction of sp³-hybridized carbons (Fsp3) is 0. The van der Waals surface area contributed by atoms with Crippen molar-refractivity contribution in [2.45, 2.75) is 0 Å². The lowest BCUT2D eigenvalue weighted by molar-refractivity contribution is 0.630. The minimum absolute atomic E-state index is 0.294. The molecule has 0 spiro atoms. The summed E-state index contributed by atoms with van der Waals surface area (Å²) >= 11 is 0. The van der Waals surface area contributed by atoms with Gasteiger partial charge in [-0.25, -0.2) is 9.37 Å². The number of imidazole rings is 1. The van der Waals surface area contributed by atoms with E-state index in [0.717, 1.165) is 5.56 Å². The van der Waals surface area contributed by atoms with Crippen LogP contribution in [0.3, 0.4) is 0 Å². The van der Waals surface area contributed by atoms with E-state index >= 15 is 0 Å². The van der Waals surface area contributed by atoms with Gasteiger partial charge in [0, 0.05) is 12.4 Å². The van der Waals surface area contributed by atoms with Gasteiger partial charge in [-0.3, -0.25) is 0 Å². The number of rotatable bonds is 2. The number of nitrogens with one attached hydrogen (secondary N) is 1. The van der Waals surface area contributed by atoms with Gasteiger partial charge >= 0.3 is 0 Å². The fourth-order valence-electron chi connectivity index (χ4n) is 1.26. The Bertz CT molecular complexity index is 446. The van der Waals surface area contributed by atoms with Crippen LogP contribution in [0.5, 0.6) is 0 Å². The van der Waals surface area contributed by atoms with Gasteiger partial charge in [0.1, 0.15) is 11.6 Å². The molecule has 0 amide bonds. The molecule has 70 valence electrons. The summed E-state index contributed by atoms with van der Waals surface area (Å²) in [7, 11) is 0. The lowest BCUT2D eigenvalue weighted by atomic mass is 10.1. The van der Waals surface area contributed by atoms with Crippen LogP contribution in [0.4, 0.5) is 4.39 Å². The van der Waals surface area contributed by atoms with E-state index < -0.39 is 0 Å². The third-order valence-corrected chi connectivity index (χ3v) is 1.98. The Kier molecular flexibility index (Phi) is 2.14. The summed E-state index contributed by atoms with van der Waals surface area (Å²) in [6.07, 6.45) is 4.86. The van der Waals surface area contributed by atoms with Crippen LogP contribution in [0.25, 0.3) is 17.5 Å². The Balaban J connectivity index is 2.51. The van der Waals surface area contributed by atoms with Gasteiger partial charge in [0.15, 0.2) is 0 Å². The van der Waals surface area contributed by atoms with Crippen LogP contribution in [-0.2, 0) is 0 Å². The van der Waals surface area contributed by atoms with E-state index in [1.807, 2.05) is 0 Å². The topological polar surface area (TPSA) is 28.7 Å². The minimum atomic E-state index is -0.294. The molecule has 0 aliphatic heterocycles. The van der Waals surface area contributed by atoms with Gasteiger partial charge in [-0.2, -0.15) is 0 Å². The first-order valence-corrected chi connectivity index (χ1v) is 4.23. The summed E-state index contributed by atoms with van der Waals surface area (Å²) in [6.45, 7) is 3.57. The minimum Gasteiger partial charge on any atom is -0.345 e. The zero-order valence-electron chi connectivity index (χ0n) is 7.50. The predicted octanol–water partition coefficient (Wildman–Crippen LogP) is 2.86. The molecule has 0 saturated carbocycles. The van der Waals surface area contributed by atoms with Crippen molar-refractivity contribution in [3.8, 4) is 11.4 Å². The van der Waals surface area contributed by atoms with E-state index in [-0.39, 0.29) is 5.82 Å². The average molecular weight is 188 g/mol. The van der Waals surface area contributed by atoms with Gasteiger partial charge in [-0.1, -0.05) is 18.7 Å². The number of hydrogen-bond acceptors (Lipinski definition) is 1. The van der Waals surface area contributed by atoms with Crippen LogP contribution in [-0.4, -0.2) is 9.97 Å². The van der Waals surface area contributed by atoms with E-state index in [1.54, 1.807) is 30.6 Å². The normalized spacial score (nSPS) is 10.1. The zero-order valence-corrected chi connectivity index (χ0v) is 7.50. The molecule has 1 aromatic heterocycles. The van der Waals surface area contributed by atoms with E-state index in [9.17, 15) is 4.39 Å². The second-order valence-corrected chi connectivity index (χ2v) is 2.88. The molecular formula is C11H9FN2. The molecule has 2 aromatic rings. The Labute approximate surface area is 81.1 Å². The summed E-state index contributed by atoms with van der Waals surface area (Å²) < 4.78 is 13.5. The molecule has 0 fully saturated rings. The highest BCUT2D eigenvalue weighted by Crippen LogP contribution is 2.20. The van der Waals surface area contributed by atoms with Crippen molar-refractivity contribution in [3.63, 3.8) is 0 Å². The number of H-pyrrole nitrogens is 1. The molecule has 0 atom stereocenters. The number of nitrogens with zero attached hydrogens (tertiary/aromatic N) is 1.